The summed E-state index contributed by atoms with van der Waals surface area (Å²) in [5, 5.41) is 2.65. The third-order valence-corrected chi connectivity index (χ3v) is 4.90. The fourth-order valence-electron chi connectivity index (χ4n) is 2.46. The van der Waals surface area contributed by atoms with E-state index >= 15 is 0 Å². The van der Waals surface area contributed by atoms with Crippen LogP contribution in [-0.2, 0) is 25.7 Å². The van der Waals surface area contributed by atoms with Gasteiger partial charge in [-0.25, -0.2) is 0 Å². The Morgan fingerprint density at radius 2 is 1.73 bits per heavy atom. The van der Waals surface area contributed by atoms with E-state index in [1.165, 1.54) is 6.92 Å². The van der Waals surface area contributed by atoms with E-state index in [0.29, 0.717) is 11.3 Å². The van der Waals surface area contributed by atoms with E-state index in [0.717, 1.165) is 22.9 Å². The molecule has 2 aromatic carbocycles. The topological polar surface area (TPSA) is 81.7 Å². The molecule has 0 atom stereocenters. The number of methoxy groups -OCH3 is 1. The van der Waals surface area contributed by atoms with Gasteiger partial charge in [0, 0.05) is 24.8 Å². The summed E-state index contributed by atoms with van der Waals surface area (Å²) in [6.07, 6.45) is 1.78. The van der Waals surface area contributed by atoms with Crippen LogP contribution in [0.2, 0.25) is 0 Å². The van der Waals surface area contributed by atoms with Crippen molar-refractivity contribution in [3.63, 3.8) is 0 Å². The molecule has 1 amide bonds. The third-order valence-electron chi connectivity index (χ3n) is 4.04. The van der Waals surface area contributed by atoms with Crippen molar-refractivity contribution in [2.75, 3.05) is 19.4 Å². The Hall–Kier alpha value is -3.06. The van der Waals surface area contributed by atoms with E-state index in [9.17, 15) is 14.4 Å². The Bertz CT molecular complexity index is 878. The van der Waals surface area contributed by atoms with Crippen molar-refractivity contribution in [1.82, 2.24) is 5.32 Å². The van der Waals surface area contributed by atoms with Crippen LogP contribution in [0.5, 0.6) is 5.75 Å². The highest BCUT2D eigenvalue weighted by Gasteiger charge is 2.12. The molecule has 0 saturated heterocycles. The number of ether oxygens (including phenoxy) is 2. The van der Waals surface area contributed by atoms with Crippen LogP contribution in [0.15, 0.2) is 60.2 Å². The SMILES string of the molecule is COc1ccc(/C=C(/CSC(C)=O)C(=O)NCCC(=O)OCc2ccccc2)cc1. The number of benzene rings is 2. The van der Waals surface area contributed by atoms with Gasteiger partial charge in [0.05, 0.1) is 13.5 Å². The first-order valence-electron chi connectivity index (χ1n) is 9.43. The molecule has 0 bridgehead atoms. The van der Waals surface area contributed by atoms with Crippen LogP contribution in [0.1, 0.15) is 24.5 Å². The second-order valence-electron chi connectivity index (χ2n) is 6.38. The van der Waals surface area contributed by atoms with E-state index in [1.807, 2.05) is 42.5 Å². The summed E-state index contributed by atoms with van der Waals surface area (Å²) in [5.41, 5.74) is 2.16. The lowest BCUT2D eigenvalue weighted by Gasteiger charge is -2.09. The Balaban J connectivity index is 1.88. The first kappa shape index (κ1) is 23.2. The lowest BCUT2D eigenvalue weighted by atomic mass is 10.1. The average Bonchev–Trinajstić information content (AvgIpc) is 2.76. The van der Waals surface area contributed by atoms with Crippen LogP contribution < -0.4 is 10.1 Å². The number of nitrogens with one attached hydrogen (secondary N) is 1. The van der Waals surface area contributed by atoms with Crippen LogP contribution in [0.25, 0.3) is 6.08 Å². The molecular weight excluding hydrogens is 402 g/mol. The minimum Gasteiger partial charge on any atom is -0.497 e. The van der Waals surface area contributed by atoms with Crippen molar-refractivity contribution in [2.45, 2.75) is 20.0 Å². The summed E-state index contributed by atoms with van der Waals surface area (Å²) >= 11 is 1.06. The molecule has 0 aliphatic carbocycles. The van der Waals surface area contributed by atoms with Crippen LogP contribution in [0.3, 0.4) is 0 Å². The highest BCUT2D eigenvalue weighted by molar-refractivity contribution is 8.13. The molecule has 0 fully saturated rings. The molecule has 0 aromatic heterocycles. The molecule has 0 radical (unpaired) electrons. The van der Waals surface area contributed by atoms with Gasteiger partial charge in [0.1, 0.15) is 12.4 Å². The van der Waals surface area contributed by atoms with Gasteiger partial charge in [-0.1, -0.05) is 54.2 Å². The molecule has 2 rings (SSSR count). The third kappa shape index (κ3) is 8.53. The Morgan fingerprint density at radius 1 is 1.03 bits per heavy atom. The monoisotopic (exact) mass is 427 g/mol. The highest BCUT2D eigenvalue weighted by Crippen LogP contribution is 2.17. The van der Waals surface area contributed by atoms with Crippen molar-refractivity contribution in [3.8, 4) is 5.75 Å². The molecule has 0 aliphatic heterocycles. The zero-order valence-electron chi connectivity index (χ0n) is 17.1. The van der Waals surface area contributed by atoms with Crippen molar-refractivity contribution < 1.29 is 23.9 Å². The average molecular weight is 428 g/mol. The quantitative estimate of drug-likeness (QED) is 0.461. The Kier molecular flexibility index (Phi) is 9.67. The summed E-state index contributed by atoms with van der Waals surface area (Å²) < 4.78 is 10.3. The van der Waals surface area contributed by atoms with Crippen LogP contribution in [-0.4, -0.2) is 36.4 Å². The van der Waals surface area contributed by atoms with Crippen molar-refractivity contribution in [3.05, 3.63) is 71.3 Å². The molecule has 30 heavy (non-hydrogen) atoms. The van der Waals surface area contributed by atoms with E-state index in [-0.39, 0.29) is 36.3 Å². The van der Waals surface area contributed by atoms with Gasteiger partial charge >= 0.3 is 5.97 Å². The van der Waals surface area contributed by atoms with Crippen LogP contribution in [0, 0.1) is 0 Å². The smallest absolute Gasteiger partial charge is 0.307 e. The molecule has 0 spiro atoms. The van der Waals surface area contributed by atoms with Gasteiger partial charge in [-0.15, -0.1) is 0 Å². The molecular formula is C23H25NO5S. The van der Waals surface area contributed by atoms with Crippen LogP contribution in [0.4, 0.5) is 0 Å². The fraction of sp³-hybridized carbons (Fsp3) is 0.261. The van der Waals surface area contributed by atoms with Crippen molar-refractivity contribution >= 4 is 34.8 Å². The summed E-state index contributed by atoms with van der Waals surface area (Å²) in [7, 11) is 1.58. The first-order valence-corrected chi connectivity index (χ1v) is 10.4. The number of carbonyl (C=O) groups is 3. The molecule has 2 aromatic rings. The van der Waals surface area contributed by atoms with Gasteiger partial charge in [-0.05, 0) is 29.3 Å². The van der Waals surface area contributed by atoms with Gasteiger partial charge < -0.3 is 14.8 Å². The molecule has 7 heteroatoms. The van der Waals surface area contributed by atoms with Gasteiger partial charge in [-0.3, -0.25) is 14.4 Å². The molecule has 0 unspecified atom stereocenters. The minimum atomic E-state index is -0.391. The summed E-state index contributed by atoms with van der Waals surface area (Å²) in [5.74, 6) is 0.240. The minimum absolute atomic E-state index is 0.0637. The van der Waals surface area contributed by atoms with Crippen molar-refractivity contribution in [1.29, 1.82) is 0 Å². The fourth-order valence-corrected chi connectivity index (χ4v) is 3.03. The maximum atomic E-state index is 12.6. The zero-order valence-corrected chi connectivity index (χ0v) is 17.9. The predicted octanol–water partition coefficient (Wildman–Crippen LogP) is 3.61. The second kappa shape index (κ2) is 12.5. The first-order chi connectivity index (χ1) is 14.5. The Labute approximate surface area is 180 Å². The highest BCUT2D eigenvalue weighted by atomic mass is 32.2. The lowest BCUT2D eigenvalue weighted by molar-refractivity contribution is -0.144. The normalized spacial score (nSPS) is 10.9. The molecule has 158 valence electrons. The molecule has 0 saturated carbocycles. The number of thioether (sulfide) groups is 1. The maximum Gasteiger partial charge on any atom is 0.307 e. The number of carbonyl (C=O) groups excluding carboxylic acids is 3. The number of rotatable bonds is 10. The summed E-state index contributed by atoms with van der Waals surface area (Å²) in [6.45, 7) is 1.80. The van der Waals surface area contributed by atoms with E-state index in [2.05, 4.69) is 5.32 Å². The van der Waals surface area contributed by atoms with E-state index < -0.39 is 5.97 Å². The predicted molar refractivity (Wildman–Crippen MR) is 118 cm³/mol. The number of hydrogen-bond donors (Lipinski definition) is 1. The molecule has 1 N–H and O–H groups in total. The largest absolute Gasteiger partial charge is 0.497 e. The Morgan fingerprint density at radius 3 is 2.37 bits per heavy atom. The summed E-state index contributed by atoms with van der Waals surface area (Å²) in [4.78, 5) is 35.8. The van der Waals surface area contributed by atoms with E-state index in [4.69, 9.17) is 9.47 Å². The number of hydrogen-bond acceptors (Lipinski definition) is 6. The molecule has 0 heterocycles. The zero-order chi connectivity index (χ0) is 21.8. The van der Waals surface area contributed by atoms with Gasteiger partial charge in [0.25, 0.3) is 0 Å². The second-order valence-corrected chi connectivity index (χ2v) is 7.53. The lowest BCUT2D eigenvalue weighted by Crippen LogP contribution is -2.28. The van der Waals surface area contributed by atoms with Gasteiger partial charge in [0.2, 0.25) is 5.91 Å². The van der Waals surface area contributed by atoms with Crippen LogP contribution >= 0.6 is 11.8 Å². The molecule has 6 nitrogen and oxygen atoms in total. The van der Waals surface area contributed by atoms with Crippen molar-refractivity contribution in [2.24, 2.45) is 0 Å². The molecule has 0 aliphatic rings. The maximum absolute atomic E-state index is 12.6. The number of amides is 1. The number of esters is 1. The van der Waals surface area contributed by atoms with Gasteiger partial charge in [0.15, 0.2) is 5.12 Å². The summed E-state index contributed by atoms with van der Waals surface area (Å²) in [6, 6.07) is 16.6. The van der Waals surface area contributed by atoms with E-state index in [1.54, 1.807) is 25.3 Å². The standard InChI is InChI=1S/C23H25NO5S/c1-17(25)30-16-20(14-18-8-10-21(28-2)11-9-18)23(27)24-13-12-22(26)29-15-19-6-4-3-5-7-19/h3-11,14H,12-13,15-16H2,1-2H3,(H,24,27)/b20-14-. The van der Waals surface area contributed by atoms with Gasteiger partial charge in [-0.2, -0.15) is 0 Å².